The predicted octanol–water partition coefficient (Wildman–Crippen LogP) is 1.96. The molecule has 0 unspecified atom stereocenters. The van der Waals surface area contributed by atoms with Crippen LogP contribution in [-0.2, 0) is 0 Å². The molecule has 0 aliphatic carbocycles. The van der Waals surface area contributed by atoms with Crippen molar-refractivity contribution in [2.45, 2.75) is 40.2 Å². The molecule has 1 rings (SSSR count). The molecule has 14 heavy (non-hydrogen) atoms. The largest absolute Gasteiger partial charge is 0.315 e. The summed E-state index contributed by atoms with van der Waals surface area (Å²) < 4.78 is 0. The van der Waals surface area contributed by atoms with Crippen LogP contribution in [-0.4, -0.2) is 37.1 Å². The van der Waals surface area contributed by atoms with Gasteiger partial charge in [-0.25, -0.2) is 0 Å². The van der Waals surface area contributed by atoms with Gasteiger partial charge in [-0.1, -0.05) is 27.7 Å². The van der Waals surface area contributed by atoms with Gasteiger partial charge in [0.05, 0.1) is 0 Å². The SMILES string of the molecule is CC(C)CN1CC(CCNC(C)C)C1. The van der Waals surface area contributed by atoms with Gasteiger partial charge in [0.15, 0.2) is 0 Å². The Labute approximate surface area is 89.1 Å². The van der Waals surface area contributed by atoms with Gasteiger partial charge in [0.25, 0.3) is 0 Å². The second-order valence-electron chi connectivity index (χ2n) is 5.38. The van der Waals surface area contributed by atoms with E-state index < -0.39 is 0 Å². The van der Waals surface area contributed by atoms with Crippen LogP contribution in [0.4, 0.5) is 0 Å². The second kappa shape index (κ2) is 5.72. The highest BCUT2D eigenvalue weighted by Crippen LogP contribution is 2.19. The van der Waals surface area contributed by atoms with Gasteiger partial charge in [-0.2, -0.15) is 0 Å². The Kier molecular flexibility index (Phi) is 4.90. The third kappa shape index (κ3) is 4.43. The van der Waals surface area contributed by atoms with Crippen LogP contribution in [0.5, 0.6) is 0 Å². The second-order valence-corrected chi connectivity index (χ2v) is 5.38. The minimum absolute atomic E-state index is 0.641. The molecule has 1 fully saturated rings. The van der Waals surface area contributed by atoms with Crippen molar-refractivity contribution in [3.8, 4) is 0 Å². The van der Waals surface area contributed by atoms with Gasteiger partial charge in [-0.3, -0.25) is 0 Å². The molecule has 0 radical (unpaired) electrons. The summed E-state index contributed by atoms with van der Waals surface area (Å²) in [6.07, 6.45) is 1.35. The Bertz CT molecular complexity index is 146. The van der Waals surface area contributed by atoms with Crippen molar-refractivity contribution in [2.75, 3.05) is 26.2 Å². The summed E-state index contributed by atoms with van der Waals surface area (Å²) in [6, 6.07) is 0.641. The number of rotatable bonds is 6. The van der Waals surface area contributed by atoms with Gasteiger partial charge < -0.3 is 10.2 Å². The maximum atomic E-state index is 3.48. The fourth-order valence-corrected chi connectivity index (χ4v) is 2.10. The monoisotopic (exact) mass is 198 g/mol. The van der Waals surface area contributed by atoms with Crippen LogP contribution in [0.3, 0.4) is 0 Å². The molecule has 2 heteroatoms. The molecule has 1 saturated heterocycles. The molecule has 1 aliphatic rings. The smallest absolute Gasteiger partial charge is 0.00226 e. The molecular formula is C12H26N2. The number of hydrogen-bond acceptors (Lipinski definition) is 2. The summed E-state index contributed by atoms with van der Waals surface area (Å²) in [6.45, 7) is 14.2. The minimum Gasteiger partial charge on any atom is -0.315 e. The van der Waals surface area contributed by atoms with Crippen LogP contribution in [0.1, 0.15) is 34.1 Å². The third-order valence-electron chi connectivity index (χ3n) is 2.76. The fraction of sp³-hybridized carbons (Fsp3) is 1.00. The highest BCUT2D eigenvalue weighted by Gasteiger charge is 2.25. The third-order valence-corrected chi connectivity index (χ3v) is 2.76. The summed E-state index contributed by atoms with van der Waals surface area (Å²) in [5.41, 5.74) is 0. The van der Waals surface area contributed by atoms with Crippen LogP contribution < -0.4 is 5.32 Å². The van der Waals surface area contributed by atoms with Crippen molar-refractivity contribution in [3.05, 3.63) is 0 Å². The molecule has 2 nitrogen and oxygen atoms in total. The van der Waals surface area contributed by atoms with Crippen molar-refractivity contribution in [1.29, 1.82) is 0 Å². The molecule has 0 amide bonds. The summed E-state index contributed by atoms with van der Waals surface area (Å²) in [7, 11) is 0. The maximum Gasteiger partial charge on any atom is 0.00226 e. The molecule has 0 saturated carbocycles. The van der Waals surface area contributed by atoms with Crippen LogP contribution >= 0.6 is 0 Å². The van der Waals surface area contributed by atoms with E-state index in [4.69, 9.17) is 0 Å². The molecule has 84 valence electrons. The van der Waals surface area contributed by atoms with E-state index in [-0.39, 0.29) is 0 Å². The van der Waals surface area contributed by atoms with E-state index in [1.165, 1.54) is 32.6 Å². The average molecular weight is 198 g/mol. The normalized spacial score (nSPS) is 19.3. The molecule has 0 aromatic rings. The lowest BCUT2D eigenvalue weighted by Gasteiger charge is -2.40. The first-order valence-corrected chi connectivity index (χ1v) is 6.03. The summed E-state index contributed by atoms with van der Waals surface area (Å²) >= 11 is 0. The molecule has 1 aliphatic heterocycles. The summed E-state index contributed by atoms with van der Waals surface area (Å²) in [5, 5.41) is 3.48. The molecular weight excluding hydrogens is 172 g/mol. The molecule has 0 spiro atoms. The lowest BCUT2D eigenvalue weighted by atomic mass is 9.95. The Balaban J connectivity index is 1.94. The van der Waals surface area contributed by atoms with Gasteiger partial charge in [0, 0.05) is 25.7 Å². The molecule has 0 atom stereocenters. The molecule has 1 N–H and O–H groups in total. The Morgan fingerprint density at radius 1 is 1.21 bits per heavy atom. The highest BCUT2D eigenvalue weighted by atomic mass is 15.2. The first-order chi connectivity index (χ1) is 6.58. The molecule has 1 heterocycles. The topological polar surface area (TPSA) is 15.3 Å². The number of nitrogens with one attached hydrogen (secondary N) is 1. The van der Waals surface area contributed by atoms with E-state index in [1.807, 2.05) is 0 Å². The van der Waals surface area contributed by atoms with Crippen molar-refractivity contribution < 1.29 is 0 Å². The van der Waals surface area contributed by atoms with Crippen molar-refractivity contribution in [3.63, 3.8) is 0 Å². The Morgan fingerprint density at radius 2 is 1.86 bits per heavy atom. The van der Waals surface area contributed by atoms with Gasteiger partial charge in [-0.05, 0) is 24.8 Å². The average Bonchev–Trinajstić information content (AvgIpc) is 1.98. The summed E-state index contributed by atoms with van der Waals surface area (Å²) in [5.74, 6) is 1.78. The molecule has 0 bridgehead atoms. The van der Waals surface area contributed by atoms with Gasteiger partial charge >= 0.3 is 0 Å². The van der Waals surface area contributed by atoms with Crippen molar-refractivity contribution in [2.24, 2.45) is 11.8 Å². The van der Waals surface area contributed by atoms with E-state index in [9.17, 15) is 0 Å². The van der Waals surface area contributed by atoms with Crippen molar-refractivity contribution >= 4 is 0 Å². The van der Waals surface area contributed by atoms with Crippen LogP contribution in [0, 0.1) is 11.8 Å². The first kappa shape index (κ1) is 12.0. The summed E-state index contributed by atoms with van der Waals surface area (Å²) in [4.78, 5) is 2.57. The van der Waals surface area contributed by atoms with E-state index in [0.29, 0.717) is 6.04 Å². The highest BCUT2D eigenvalue weighted by molar-refractivity contribution is 4.80. The molecule has 0 aromatic heterocycles. The zero-order valence-corrected chi connectivity index (χ0v) is 10.2. The Morgan fingerprint density at radius 3 is 2.36 bits per heavy atom. The Hall–Kier alpha value is -0.0800. The van der Waals surface area contributed by atoms with Crippen molar-refractivity contribution in [1.82, 2.24) is 10.2 Å². The number of likely N-dealkylation sites (tertiary alicyclic amines) is 1. The predicted molar refractivity (Wildman–Crippen MR) is 62.5 cm³/mol. The fourth-order valence-electron chi connectivity index (χ4n) is 2.10. The van der Waals surface area contributed by atoms with E-state index in [0.717, 1.165) is 11.8 Å². The number of nitrogens with zero attached hydrogens (tertiary/aromatic N) is 1. The zero-order chi connectivity index (χ0) is 10.6. The number of hydrogen-bond donors (Lipinski definition) is 1. The van der Waals surface area contributed by atoms with E-state index in [2.05, 4.69) is 37.9 Å². The maximum absolute atomic E-state index is 3.48. The van der Waals surface area contributed by atoms with Gasteiger partial charge in [0.2, 0.25) is 0 Å². The first-order valence-electron chi connectivity index (χ1n) is 6.03. The molecule has 0 aromatic carbocycles. The van der Waals surface area contributed by atoms with E-state index >= 15 is 0 Å². The quantitative estimate of drug-likeness (QED) is 0.702. The lowest BCUT2D eigenvalue weighted by molar-refractivity contribution is 0.0813. The van der Waals surface area contributed by atoms with Gasteiger partial charge in [-0.15, -0.1) is 0 Å². The zero-order valence-electron chi connectivity index (χ0n) is 10.2. The standard InChI is InChI=1S/C12H26N2/c1-10(2)7-14-8-12(9-14)5-6-13-11(3)4/h10-13H,5-9H2,1-4H3. The van der Waals surface area contributed by atoms with E-state index in [1.54, 1.807) is 0 Å². The van der Waals surface area contributed by atoms with Gasteiger partial charge in [0.1, 0.15) is 0 Å². The van der Waals surface area contributed by atoms with Crippen LogP contribution in [0.2, 0.25) is 0 Å². The van der Waals surface area contributed by atoms with Crippen LogP contribution in [0.25, 0.3) is 0 Å². The lowest BCUT2D eigenvalue weighted by Crippen LogP contribution is -2.49. The van der Waals surface area contributed by atoms with Crippen LogP contribution in [0.15, 0.2) is 0 Å². The minimum atomic E-state index is 0.641.